The smallest absolute Gasteiger partial charge is 0.254 e. The van der Waals surface area contributed by atoms with Crippen LogP contribution >= 0.6 is 11.8 Å². The number of benzene rings is 1. The number of amides is 2. The van der Waals surface area contributed by atoms with Gasteiger partial charge in [0.1, 0.15) is 12.1 Å². The van der Waals surface area contributed by atoms with Crippen LogP contribution in [0.25, 0.3) is 0 Å². The molecule has 1 aromatic rings. The molecule has 0 aromatic heterocycles. The molecule has 6 nitrogen and oxygen atoms in total. The van der Waals surface area contributed by atoms with Gasteiger partial charge in [-0.15, -0.1) is 11.8 Å². The monoisotopic (exact) mass is 365 g/mol. The SMILES string of the molecule is CNC(=O)C1N(C(=O)C(O)C(Cc2ccccc2)NC)CSC1(C)C. The minimum atomic E-state index is -1.22. The molecule has 0 spiro atoms. The van der Waals surface area contributed by atoms with Gasteiger partial charge >= 0.3 is 0 Å². The van der Waals surface area contributed by atoms with Crippen LogP contribution in [0.5, 0.6) is 0 Å². The maximum Gasteiger partial charge on any atom is 0.254 e. The number of hydrogen-bond donors (Lipinski definition) is 3. The Labute approximate surface area is 153 Å². The Balaban J connectivity index is 2.15. The highest BCUT2D eigenvalue weighted by Crippen LogP contribution is 2.39. The number of rotatable bonds is 6. The van der Waals surface area contributed by atoms with Crippen molar-refractivity contribution in [3.8, 4) is 0 Å². The van der Waals surface area contributed by atoms with E-state index < -0.39 is 28.8 Å². The number of carbonyl (C=O) groups is 2. The van der Waals surface area contributed by atoms with E-state index in [0.717, 1.165) is 5.56 Å². The molecule has 2 rings (SSSR count). The molecule has 1 aromatic carbocycles. The van der Waals surface area contributed by atoms with Crippen molar-refractivity contribution in [1.29, 1.82) is 0 Å². The quantitative estimate of drug-likeness (QED) is 0.688. The van der Waals surface area contributed by atoms with Crippen molar-refractivity contribution in [2.45, 2.75) is 43.2 Å². The molecule has 1 heterocycles. The van der Waals surface area contributed by atoms with Crippen molar-refractivity contribution in [1.82, 2.24) is 15.5 Å². The van der Waals surface area contributed by atoms with Gasteiger partial charge in [-0.1, -0.05) is 30.3 Å². The second-order valence-electron chi connectivity index (χ2n) is 6.73. The molecule has 3 N–H and O–H groups in total. The summed E-state index contributed by atoms with van der Waals surface area (Å²) in [6.45, 7) is 3.88. The van der Waals surface area contributed by atoms with Gasteiger partial charge < -0.3 is 20.6 Å². The zero-order chi connectivity index (χ0) is 18.6. The van der Waals surface area contributed by atoms with E-state index >= 15 is 0 Å². The lowest BCUT2D eigenvalue weighted by Crippen LogP contribution is -2.57. The van der Waals surface area contributed by atoms with Crippen molar-refractivity contribution < 1.29 is 14.7 Å². The molecule has 3 atom stereocenters. The Kier molecular flexibility index (Phi) is 6.48. The third kappa shape index (κ3) is 4.34. The maximum absolute atomic E-state index is 12.9. The fourth-order valence-electron chi connectivity index (χ4n) is 3.13. The van der Waals surface area contributed by atoms with Gasteiger partial charge in [0.25, 0.3) is 5.91 Å². The first-order valence-electron chi connectivity index (χ1n) is 8.37. The molecule has 0 radical (unpaired) electrons. The summed E-state index contributed by atoms with van der Waals surface area (Å²) in [4.78, 5) is 26.7. The third-order valence-electron chi connectivity index (χ3n) is 4.63. The van der Waals surface area contributed by atoms with Gasteiger partial charge in [-0.05, 0) is 32.9 Å². The summed E-state index contributed by atoms with van der Waals surface area (Å²) in [5.74, 6) is -0.232. The first kappa shape index (κ1) is 19.8. The predicted octanol–water partition coefficient (Wildman–Crippen LogP) is 0.604. The maximum atomic E-state index is 12.9. The molecule has 0 bridgehead atoms. The largest absolute Gasteiger partial charge is 0.382 e. The minimum absolute atomic E-state index is 0.209. The Bertz CT molecular complexity index is 609. The van der Waals surface area contributed by atoms with E-state index in [1.807, 2.05) is 44.2 Å². The summed E-state index contributed by atoms with van der Waals surface area (Å²) in [6.07, 6.45) is -0.689. The molecule has 3 unspecified atom stereocenters. The highest BCUT2D eigenvalue weighted by atomic mass is 32.2. The van der Waals surface area contributed by atoms with Crippen LogP contribution in [0.3, 0.4) is 0 Å². The van der Waals surface area contributed by atoms with Crippen molar-refractivity contribution in [3.63, 3.8) is 0 Å². The number of likely N-dealkylation sites (N-methyl/N-ethyl adjacent to an activating group) is 2. The molecular formula is C18H27N3O3S. The van der Waals surface area contributed by atoms with Crippen LogP contribution in [0.1, 0.15) is 19.4 Å². The standard InChI is InChI=1S/C18H27N3O3S/c1-18(2)15(16(23)20-4)21(11-25-18)17(24)14(22)13(19-3)10-12-8-6-5-7-9-12/h5-9,13-15,19,22H,10-11H2,1-4H3,(H,20,23). The van der Waals surface area contributed by atoms with Gasteiger partial charge in [-0.3, -0.25) is 9.59 Å². The Hall–Kier alpha value is -1.57. The van der Waals surface area contributed by atoms with E-state index in [4.69, 9.17) is 0 Å². The average Bonchev–Trinajstić information content (AvgIpc) is 2.93. The highest BCUT2D eigenvalue weighted by Gasteiger charge is 2.49. The van der Waals surface area contributed by atoms with E-state index in [0.29, 0.717) is 12.3 Å². The van der Waals surface area contributed by atoms with Gasteiger partial charge in [0.2, 0.25) is 5.91 Å². The lowest BCUT2D eigenvalue weighted by atomic mass is 9.97. The minimum Gasteiger partial charge on any atom is -0.382 e. The molecule has 1 saturated heterocycles. The number of nitrogens with zero attached hydrogens (tertiary/aromatic N) is 1. The first-order chi connectivity index (χ1) is 11.8. The van der Waals surface area contributed by atoms with E-state index in [1.165, 1.54) is 4.90 Å². The van der Waals surface area contributed by atoms with Crippen LogP contribution in [-0.4, -0.2) is 64.7 Å². The molecule has 1 aliphatic rings. The second-order valence-corrected chi connectivity index (χ2v) is 8.33. The van der Waals surface area contributed by atoms with Crippen molar-refractivity contribution >= 4 is 23.6 Å². The zero-order valence-corrected chi connectivity index (χ0v) is 16.0. The number of aliphatic hydroxyl groups is 1. The average molecular weight is 365 g/mol. The van der Waals surface area contributed by atoms with Crippen LogP contribution < -0.4 is 10.6 Å². The van der Waals surface area contributed by atoms with E-state index in [2.05, 4.69) is 10.6 Å². The van der Waals surface area contributed by atoms with Crippen LogP contribution in [0.4, 0.5) is 0 Å². The van der Waals surface area contributed by atoms with Crippen LogP contribution in [-0.2, 0) is 16.0 Å². The molecule has 25 heavy (non-hydrogen) atoms. The number of carbonyl (C=O) groups excluding carboxylic acids is 2. The third-order valence-corrected chi connectivity index (χ3v) is 6.00. The number of nitrogens with one attached hydrogen (secondary N) is 2. The molecule has 0 aliphatic carbocycles. The molecule has 2 amide bonds. The lowest BCUT2D eigenvalue weighted by molar-refractivity contribution is -0.147. The van der Waals surface area contributed by atoms with Gasteiger partial charge in [0.05, 0.1) is 5.88 Å². The van der Waals surface area contributed by atoms with Crippen molar-refractivity contribution in [3.05, 3.63) is 35.9 Å². The summed E-state index contributed by atoms with van der Waals surface area (Å²) < 4.78 is -0.399. The number of thioether (sulfide) groups is 1. The summed E-state index contributed by atoms with van der Waals surface area (Å²) in [5, 5.41) is 16.3. The Morgan fingerprint density at radius 3 is 2.52 bits per heavy atom. The lowest BCUT2D eigenvalue weighted by Gasteiger charge is -2.32. The summed E-state index contributed by atoms with van der Waals surface area (Å²) in [7, 11) is 3.29. The molecule has 1 fully saturated rings. The number of hydrogen-bond acceptors (Lipinski definition) is 5. The van der Waals surface area contributed by atoms with Crippen molar-refractivity contribution in [2.75, 3.05) is 20.0 Å². The number of aliphatic hydroxyl groups excluding tert-OH is 1. The predicted molar refractivity (Wildman–Crippen MR) is 100 cm³/mol. The van der Waals surface area contributed by atoms with Gasteiger partial charge in [0.15, 0.2) is 0 Å². The molecule has 138 valence electrons. The summed E-state index contributed by atoms with van der Waals surface area (Å²) in [5.41, 5.74) is 1.03. The first-order valence-corrected chi connectivity index (χ1v) is 9.35. The molecular weight excluding hydrogens is 338 g/mol. The zero-order valence-electron chi connectivity index (χ0n) is 15.2. The van der Waals surface area contributed by atoms with E-state index in [-0.39, 0.29) is 5.91 Å². The van der Waals surface area contributed by atoms with Gasteiger partial charge in [-0.2, -0.15) is 0 Å². The summed E-state index contributed by atoms with van der Waals surface area (Å²) >= 11 is 1.54. The topological polar surface area (TPSA) is 81.7 Å². The Morgan fingerprint density at radius 1 is 1.32 bits per heavy atom. The van der Waals surface area contributed by atoms with Crippen LogP contribution in [0, 0.1) is 0 Å². The molecule has 0 saturated carbocycles. The molecule has 7 heteroatoms. The van der Waals surface area contributed by atoms with Gasteiger partial charge in [0, 0.05) is 17.8 Å². The Morgan fingerprint density at radius 2 is 1.96 bits per heavy atom. The van der Waals surface area contributed by atoms with Crippen molar-refractivity contribution in [2.24, 2.45) is 0 Å². The van der Waals surface area contributed by atoms with E-state index in [1.54, 1.807) is 25.9 Å². The highest BCUT2D eigenvalue weighted by molar-refractivity contribution is 8.00. The second kappa shape index (κ2) is 8.21. The van der Waals surface area contributed by atoms with Crippen LogP contribution in [0.2, 0.25) is 0 Å². The fourth-order valence-corrected chi connectivity index (χ4v) is 4.27. The fraction of sp³-hybridized carbons (Fsp3) is 0.556. The van der Waals surface area contributed by atoms with Crippen LogP contribution in [0.15, 0.2) is 30.3 Å². The molecule has 1 aliphatic heterocycles. The van der Waals surface area contributed by atoms with E-state index in [9.17, 15) is 14.7 Å². The normalized spacial score (nSPS) is 21.6. The van der Waals surface area contributed by atoms with Gasteiger partial charge in [-0.25, -0.2) is 0 Å². The summed E-state index contributed by atoms with van der Waals surface area (Å²) in [6, 6.07) is 8.69.